The number of rotatable bonds is 13. The molecule has 0 saturated heterocycles. The molecule has 0 spiro atoms. The summed E-state index contributed by atoms with van der Waals surface area (Å²) in [4.78, 5) is 42.9. The fraction of sp³-hybridized carbons (Fsp3) is 0.719. The van der Waals surface area contributed by atoms with Crippen molar-refractivity contribution in [2.75, 3.05) is 6.54 Å². The largest absolute Gasteiger partial charge is 0.444 e. The quantitative estimate of drug-likeness (QED) is 0.261. The Morgan fingerprint density at radius 3 is 2.10 bits per heavy atom. The molecular formula is C32H55N3O4. The van der Waals surface area contributed by atoms with E-state index in [0.29, 0.717) is 13.0 Å². The van der Waals surface area contributed by atoms with Gasteiger partial charge in [-0.05, 0) is 78.9 Å². The molecule has 0 heterocycles. The molecule has 0 radical (unpaired) electrons. The number of nitrogens with zero attached hydrogens (tertiary/aromatic N) is 1. The lowest BCUT2D eigenvalue weighted by atomic mass is 9.92. The molecule has 3 atom stereocenters. The van der Waals surface area contributed by atoms with Crippen molar-refractivity contribution in [3.8, 4) is 0 Å². The molecule has 7 nitrogen and oxygen atoms in total. The van der Waals surface area contributed by atoms with E-state index in [1.165, 1.54) is 0 Å². The summed E-state index contributed by atoms with van der Waals surface area (Å²) in [6, 6.07) is 4.36. The number of alkyl carbamates (subject to hydrolysis) is 1. The molecule has 39 heavy (non-hydrogen) atoms. The van der Waals surface area contributed by atoms with Gasteiger partial charge in [-0.25, -0.2) is 4.79 Å². The Bertz CT molecular complexity index is 946. The topological polar surface area (TPSA) is 87.7 Å². The van der Waals surface area contributed by atoms with E-state index in [2.05, 4.69) is 17.6 Å². The number of hydrogen-bond acceptors (Lipinski definition) is 4. The molecule has 1 aromatic rings. The van der Waals surface area contributed by atoms with E-state index >= 15 is 0 Å². The van der Waals surface area contributed by atoms with Crippen LogP contribution < -0.4 is 10.6 Å². The maximum Gasteiger partial charge on any atom is 0.408 e. The molecule has 3 amide bonds. The Balaban J connectivity index is 3.62. The van der Waals surface area contributed by atoms with Gasteiger partial charge in [-0.3, -0.25) is 9.59 Å². The van der Waals surface area contributed by atoms with Crippen LogP contribution in [0.2, 0.25) is 0 Å². The van der Waals surface area contributed by atoms with Crippen molar-refractivity contribution in [2.45, 2.75) is 138 Å². The lowest BCUT2D eigenvalue weighted by Gasteiger charge is -2.38. The van der Waals surface area contributed by atoms with Gasteiger partial charge in [0.1, 0.15) is 17.7 Å². The summed E-state index contributed by atoms with van der Waals surface area (Å²) in [5.41, 5.74) is 1.59. The van der Waals surface area contributed by atoms with Gasteiger partial charge in [-0.1, -0.05) is 76.6 Å². The molecule has 0 aliphatic rings. The minimum Gasteiger partial charge on any atom is -0.444 e. The maximum absolute atomic E-state index is 14.4. The summed E-state index contributed by atoms with van der Waals surface area (Å²) in [5.74, 6) is -0.642. The van der Waals surface area contributed by atoms with Gasteiger partial charge in [0, 0.05) is 12.1 Å². The third-order valence-corrected chi connectivity index (χ3v) is 6.72. The van der Waals surface area contributed by atoms with Crippen molar-refractivity contribution in [1.82, 2.24) is 15.5 Å². The van der Waals surface area contributed by atoms with Gasteiger partial charge in [0.15, 0.2) is 0 Å². The number of nitrogens with one attached hydrogen (secondary N) is 2. The van der Waals surface area contributed by atoms with Crippen LogP contribution >= 0.6 is 0 Å². The second-order valence-corrected chi connectivity index (χ2v) is 13.0. The molecule has 7 heteroatoms. The van der Waals surface area contributed by atoms with E-state index in [1.54, 1.807) is 25.7 Å². The predicted octanol–water partition coefficient (Wildman–Crippen LogP) is 7.00. The van der Waals surface area contributed by atoms with Crippen molar-refractivity contribution in [3.05, 3.63) is 34.9 Å². The molecule has 0 saturated carbocycles. The van der Waals surface area contributed by atoms with Crippen LogP contribution in [0.3, 0.4) is 0 Å². The average molecular weight is 546 g/mol. The monoisotopic (exact) mass is 545 g/mol. The number of carbonyl (C=O) groups excluding carboxylic acids is 3. The van der Waals surface area contributed by atoms with Gasteiger partial charge in [-0.2, -0.15) is 0 Å². The van der Waals surface area contributed by atoms with Crippen LogP contribution in [0.4, 0.5) is 4.79 Å². The highest BCUT2D eigenvalue weighted by Crippen LogP contribution is 2.29. The second kappa shape index (κ2) is 15.3. The van der Waals surface area contributed by atoms with E-state index in [4.69, 9.17) is 4.74 Å². The molecule has 1 aromatic carbocycles. The lowest BCUT2D eigenvalue weighted by Crippen LogP contribution is -2.56. The van der Waals surface area contributed by atoms with E-state index < -0.39 is 29.3 Å². The first-order chi connectivity index (χ1) is 18.0. The third-order valence-electron chi connectivity index (χ3n) is 6.72. The lowest BCUT2D eigenvalue weighted by molar-refractivity contribution is -0.144. The summed E-state index contributed by atoms with van der Waals surface area (Å²) in [6.45, 7) is 21.7. The zero-order valence-electron chi connectivity index (χ0n) is 26.5. The number of ether oxygens (including phenoxy) is 1. The van der Waals surface area contributed by atoms with Crippen LogP contribution in [0.5, 0.6) is 0 Å². The van der Waals surface area contributed by atoms with Gasteiger partial charge in [-0.15, -0.1) is 0 Å². The maximum atomic E-state index is 14.4. The van der Waals surface area contributed by atoms with Crippen LogP contribution in [0.1, 0.15) is 124 Å². The molecule has 0 bridgehead atoms. The first-order valence-electron chi connectivity index (χ1n) is 14.7. The zero-order chi connectivity index (χ0) is 30.0. The number of carbonyl (C=O) groups is 3. The van der Waals surface area contributed by atoms with Crippen molar-refractivity contribution in [1.29, 1.82) is 0 Å². The molecule has 0 fully saturated rings. The van der Waals surface area contributed by atoms with Crippen LogP contribution in [-0.2, 0) is 14.3 Å². The number of aryl methyl sites for hydroxylation is 2. The summed E-state index contributed by atoms with van der Waals surface area (Å²) in [5, 5.41) is 5.97. The average Bonchev–Trinajstić information content (AvgIpc) is 2.80. The number of unbranched alkanes of at least 4 members (excludes halogenated alkanes) is 4. The normalized spacial score (nSPS) is 14.2. The Morgan fingerprint density at radius 2 is 1.56 bits per heavy atom. The third kappa shape index (κ3) is 12.0. The van der Waals surface area contributed by atoms with Gasteiger partial charge >= 0.3 is 6.09 Å². The fourth-order valence-corrected chi connectivity index (χ4v) is 4.49. The molecule has 0 aromatic heterocycles. The molecular weight excluding hydrogens is 490 g/mol. The van der Waals surface area contributed by atoms with Gasteiger partial charge < -0.3 is 20.3 Å². The molecule has 222 valence electrons. The van der Waals surface area contributed by atoms with Crippen molar-refractivity contribution in [3.63, 3.8) is 0 Å². The fourth-order valence-electron chi connectivity index (χ4n) is 4.49. The summed E-state index contributed by atoms with van der Waals surface area (Å²) in [6.07, 6.45) is 5.12. The van der Waals surface area contributed by atoms with E-state index in [-0.39, 0.29) is 17.7 Å². The Morgan fingerprint density at radius 1 is 0.949 bits per heavy atom. The van der Waals surface area contributed by atoms with Crippen molar-refractivity contribution >= 4 is 17.9 Å². The van der Waals surface area contributed by atoms with Gasteiger partial charge in [0.05, 0.1) is 0 Å². The van der Waals surface area contributed by atoms with Crippen LogP contribution in [0.15, 0.2) is 18.2 Å². The first-order valence-corrected chi connectivity index (χ1v) is 14.7. The second-order valence-electron chi connectivity index (χ2n) is 13.0. The SMILES string of the molecule is CCCCCCCN(C(=O)C(NC(=O)OC(C)(C)C)C(C)CC)C(C(=O)NC(C)(C)C)c1cc(C)ccc1C. The smallest absolute Gasteiger partial charge is 0.408 e. The summed E-state index contributed by atoms with van der Waals surface area (Å²) >= 11 is 0. The van der Waals surface area contributed by atoms with Crippen molar-refractivity contribution < 1.29 is 19.1 Å². The molecule has 0 aliphatic carbocycles. The van der Waals surface area contributed by atoms with Crippen LogP contribution in [0, 0.1) is 19.8 Å². The summed E-state index contributed by atoms with van der Waals surface area (Å²) in [7, 11) is 0. The zero-order valence-corrected chi connectivity index (χ0v) is 26.5. The number of hydrogen-bond donors (Lipinski definition) is 2. The minimum absolute atomic E-state index is 0.155. The highest BCUT2D eigenvalue weighted by atomic mass is 16.6. The Labute approximate surface area is 237 Å². The first kappa shape index (κ1) is 34.5. The van der Waals surface area contributed by atoms with Gasteiger partial charge in [0.25, 0.3) is 0 Å². The molecule has 0 aliphatic heterocycles. The highest BCUT2D eigenvalue weighted by molar-refractivity contribution is 5.92. The summed E-state index contributed by atoms with van der Waals surface area (Å²) < 4.78 is 5.51. The van der Waals surface area contributed by atoms with E-state index in [0.717, 1.165) is 48.8 Å². The number of benzene rings is 1. The Kier molecular flexibility index (Phi) is 13.5. The van der Waals surface area contributed by atoms with Crippen LogP contribution in [-0.4, -0.2) is 46.5 Å². The van der Waals surface area contributed by atoms with Crippen molar-refractivity contribution in [2.24, 2.45) is 5.92 Å². The molecule has 2 N–H and O–H groups in total. The molecule has 3 unspecified atom stereocenters. The van der Waals surface area contributed by atoms with E-state index in [9.17, 15) is 14.4 Å². The highest BCUT2D eigenvalue weighted by Gasteiger charge is 2.39. The molecule has 1 rings (SSSR count). The minimum atomic E-state index is -0.824. The number of amides is 3. The standard InChI is InChI=1S/C32H55N3O4/c1-12-14-15-16-17-20-35(29(37)26(23(4)13-2)33-30(38)39-32(9,10)11)27(28(36)34-31(6,7)8)25-21-22(3)18-19-24(25)5/h18-19,21,23,26-27H,12-17,20H2,1-11H3,(H,33,38)(H,34,36). The van der Waals surface area contributed by atoms with Gasteiger partial charge in [0.2, 0.25) is 11.8 Å². The van der Waals surface area contributed by atoms with E-state index in [1.807, 2.05) is 66.7 Å². The Hall–Kier alpha value is -2.57. The predicted molar refractivity (Wildman–Crippen MR) is 160 cm³/mol. The van der Waals surface area contributed by atoms with Crippen LogP contribution in [0.25, 0.3) is 0 Å².